The quantitative estimate of drug-likeness (QED) is 0.790. The number of benzene rings is 1. The molecule has 5 heteroatoms. The van der Waals surface area contributed by atoms with Gasteiger partial charge in [0.05, 0.1) is 4.88 Å². The Hall–Kier alpha value is -1.75. The molecule has 1 aromatic carbocycles. The van der Waals surface area contributed by atoms with E-state index >= 15 is 0 Å². The van der Waals surface area contributed by atoms with Crippen LogP contribution in [0.4, 0.5) is 0 Å². The van der Waals surface area contributed by atoms with E-state index in [4.69, 9.17) is 11.6 Å². The number of pyridine rings is 1. The third kappa shape index (κ3) is 2.83. The fourth-order valence-electron chi connectivity index (χ4n) is 2.04. The lowest BCUT2D eigenvalue weighted by molar-refractivity contribution is 0.106. The molecule has 0 aliphatic rings. The molecule has 0 radical (unpaired) electrons. The van der Waals surface area contributed by atoms with Crippen LogP contribution >= 0.6 is 22.9 Å². The Bertz CT molecular complexity index is 738. The Kier molecular flexibility index (Phi) is 3.76. The molecule has 2 aromatic heterocycles. The molecule has 0 saturated heterocycles. The molecule has 1 unspecified atom stereocenters. The van der Waals surface area contributed by atoms with E-state index in [-0.39, 0.29) is 0 Å². The molecule has 1 N–H and O–H groups in total. The summed E-state index contributed by atoms with van der Waals surface area (Å²) < 4.78 is 0. The predicted molar refractivity (Wildman–Crippen MR) is 85.5 cm³/mol. The minimum absolute atomic E-state index is 0.694. The van der Waals surface area contributed by atoms with Crippen molar-refractivity contribution in [2.24, 2.45) is 0 Å². The molecule has 106 valence electrons. The zero-order valence-electron chi connectivity index (χ0n) is 11.3. The second kappa shape index (κ2) is 5.56. The van der Waals surface area contributed by atoms with E-state index in [1.165, 1.54) is 11.3 Å². The average Bonchev–Trinajstić information content (AvgIpc) is 2.99. The lowest BCUT2D eigenvalue weighted by Gasteiger charge is -2.21. The van der Waals surface area contributed by atoms with Crippen LogP contribution in [0, 0.1) is 0 Å². The van der Waals surface area contributed by atoms with E-state index in [0.717, 1.165) is 21.0 Å². The van der Waals surface area contributed by atoms with Gasteiger partial charge in [0.1, 0.15) is 10.6 Å². The number of aliphatic hydroxyl groups is 1. The van der Waals surface area contributed by atoms with Crippen LogP contribution in [0.5, 0.6) is 0 Å². The Labute approximate surface area is 131 Å². The lowest BCUT2D eigenvalue weighted by Crippen LogP contribution is -2.21. The van der Waals surface area contributed by atoms with Gasteiger partial charge in [0.15, 0.2) is 0 Å². The summed E-state index contributed by atoms with van der Waals surface area (Å²) in [6.45, 7) is 1.77. The number of hydrogen-bond donors (Lipinski definition) is 1. The molecule has 0 aliphatic carbocycles. The highest BCUT2D eigenvalue weighted by Gasteiger charge is 2.28. The molecule has 3 rings (SSSR count). The number of halogens is 1. The Morgan fingerprint density at radius 3 is 2.43 bits per heavy atom. The number of aromatic nitrogens is 2. The zero-order chi connectivity index (χ0) is 14.9. The number of rotatable bonds is 3. The van der Waals surface area contributed by atoms with Crippen molar-refractivity contribution in [3.8, 4) is 10.6 Å². The normalized spacial score (nSPS) is 13.9. The van der Waals surface area contributed by atoms with Gasteiger partial charge in [-0.15, -0.1) is 11.3 Å². The first-order valence-electron chi connectivity index (χ1n) is 6.42. The third-order valence-corrected chi connectivity index (χ3v) is 4.83. The minimum atomic E-state index is -1.08. The highest BCUT2D eigenvalue weighted by Crippen LogP contribution is 2.36. The fraction of sp³-hybridized carbons (Fsp3) is 0.125. The first-order chi connectivity index (χ1) is 10.1. The molecule has 21 heavy (non-hydrogen) atoms. The van der Waals surface area contributed by atoms with Crippen LogP contribution in [-0.4, -0.2) is 15.1 Å². The number of hydrogen-bond acceptors (Lipinski definition) is 4. The van der Waals surface area contributed by atoms with Crippen molar-refractivity contribution in [3.63, 3.8) is 0 Å². The number of nitrogens with zero attached hydrogens (tertiary/aromatic N) is 2. The van der Waals surface area contributed by atoms with Crippen molar-refractivity contribution in [2.45, 2.75) is 12.5 Å². The summed E-state index contributed by atoms with van der Waals surface area (Å²) in [5.41, 5.74) is 0.704. The average molecular weight is 317 g/mol. The molecule has 0 bridgehead atoms. The maximum Gasteiger partial charge on any atom is 0.123 e. The zero-order valence-corrected chi connectivity index (χ0v) is 12.9. The summed E-state index contributed by atoms with van der Waals surface area (Å²) >= 11 is 7.36. The van der Waals surface area contributed by atoms with Crippen LogP contribution in [0.25, 0.3) is 10.6 Å². The van der Waals surface area contributed by atoms with Crippen molar-refractivity contribution in [1.82, 2.24) is 9.97 Å². The summed E-state index contributed by atoms with van der Waals surface area (Å²) in [7, 11) is 0. The SMILES string of the molecule is CC(O)(c1ccncc1)c1cnc(-c2ccc(Cl)cc2)s1. The second-order valence-corrected chi connectivity index (χ2v) is 6.31. The molecule has 0 fully saturated rings. The summed E-state index contributed by atoms with van der Waals surface area (Å²) in [4.78, 5) is 9.18. The summed E-state index contributed by atoms with van der Waals surface area (Å²) in [6, 6.07) is 11.1. The van der Waals surface area contributed by atoms with Crippen LogP contribution < -0.4 is 0 Å². The molecular formula is C16H13ClN2OS. The minimum Gasteiger partial charge on any atom is -0.380 e. The van der Waals surface area contributed by atoms with Crippen molar-refractivity contribution in [2.75, 3.05) is 0 Å². The van der Waals surface area contributed by atoms with Crippen LogP contribution in [0.3, 0.4) is 0 Å². The van der Waals surface area contributed by atoms with Gasteiger partial charge in [-0.1, -0.05) is 23.7 Å². The molecule has 3 nitrogen and oxygen atoms in total. The predicted octanol–water partition coefficient (Wildman–Crippen LogP) is 4.11. The van der Waals surface area contributed by atoms with E-state index in [1.54, 1.807) is 25.5 Å². The monoisotopic (exact) mass is 316 g/mol. The third-order valence-electron chi connectivity index (χ3n) is 3.32. The highest BCUT2D eigenvalue weighted by molar-refractivity contribution is 7.15. The van der Waals surface area contributed by atoms with Gasteiger partial charge in [0.25, 0.3) is 0 Å². The molecule has 0 amide bonds. The van der Waals surface area contributed by atoms with Gasteiger partial charge >= 0.3 is 0 Å². The lowest BCUT2D eigenvalue weighted by atomic mass is 9.96. The first kappa shape index (κ1) is 14.2. The summed E-state index contributed by atoms with van der Waals surface area (Å²) in [5, 5.41) is 12.3. The van der Waals surface area contributed by atoms with Crippen molar-refractivity contribution in [1.29, 1.82) is 0 Å². The van der Waals surface area contributed by atoms with E-state index in [2.05, 4.69) is 9.97 Å². The highest BCUT2D eigenvalue weighted by atomic mass is 35.5. The Morgan fingerprint density at radius 2 is 1.76 bits per heavy atom. The molecular weight excluding hydrogens is 304 g/mol. The summed E-state index contributed by atoms with van der Waals surface area (Å²) in [5.74, 6) is 0. The van der Waals surface area contributed by atoms with Crippen LogP contribution in [0.2, 0.25) is 5.02 Å². The van der Waals surface area contributed by atoms with Gasteiger partial charge < -0.3 is 5.11 Å². The first-order valence-corrected chi connectivity index (χ1v) is 7.62. The number of thiazole rings is 1. The van der Waals surface area contributed by atoms with E-state index in [0.29, 0.717) is 5.02 Å². The van der Waals surface area contributed by atoms with Crippen molar-refractivity contribution < 1.29 is 5.11 Å². The summed E-state index contributed by atoms with van der Waals surface area (Å²) in [6.07, 6.45) is 5.06. The van der Waals surface area contributed by atoms with Gasteiger partial charge in [-0.25, -0.2) is 4.98 Å². The van der Waals surface area contributed by atoms with Crippen molar-refractivity contribution in [3.05, 3.63) is 70.5 Å². The Morgan fingerprint density at radius 1 is 1.10 bits per heavy atom. The standard InChI is InChI=1S/C16H13ClN2OS/c1-16(20,12-6-8-18-9-7-12)14-10-19-15(21-14)11-2-4-13(17)5-3-11/h2-10,20H,1H3. The fourth-order valence-corrected chi connectivity index (χ4v) is 3.16. The van der Waals surface area contributed by atoms with E-state index in [9.17, 15) is 5.11 Å². The maximum absolute atomic E-state index is 10.8. The smallest absolute Gasteiger partial charge is 0.123 e. The van der Waals surface area contributed by atoms with Crippen LogP contribution in [-0.2, 0) is 5.60 Å². The Balaban J connectivity index is 1.96. The molecule has 0 saturated carbocycles. The van der Waals surface area contributed by atoms with E-state index in [1.807, 2.05) is 36.4 Å². The topological polar surface area (TPSA) is 46.0 Å². The van der Waals surface area contributed by atoms with E-state index < -0.39 is 5.60 Å². The molecule has 0 spiro atoms. The van der Waals surface area contributed by atoms with Crippen LogP contribution in [0.1, 0.15) is 17.4 Å². The van der Waals surface area contributed by atoms with Gasteiger partial charge in [-0.3, -0.25) is 4.98 Å². The van der Waals surface area contributed by atoms with Gasteiger partial charge in [0, 0.05) is 29.2 Å². The largest absolute Gasteiger partial charge is 0.380 e. The van der Waals surface area contributed by atoms with Gasteiger partial charge in [-0.2, -0.15) is 0 Å². The van der Waals surface area contributed by atoms with Gasteiger partial charge in [0.2, 0.25) is 0 Å². The van der Waals surface area contributed by atoms with Crippen LogP contribution in [0.15, 0.2) is 55.0 Å². The molecule has 3 aromatic rings. The molecule has 2 heterocycles. The second-order valence-electron chi connectivity index (χ2n) is 4.84. The van der Waals surface area contributed by atoms with Crippen molar-refractivity contribution >= 4 is 22.9 Å². The molecule has 1 atom stereocenters. The van der Waals surface area contributed by atoms with Gasteiger partial charge in [-0.05, 0) is 36.8 Å². The maximum atomic E-state index is 10.8. The molecule has 0 aliphatic heterocycles.